The first kappa shape index (κ1) is 13.3. The van der Waals surface area contributed by atoms with Crippen molar-refractivity contribution in [2.75, 3.05) is 25.0 Å². The zero-order chi connectivity index (χ0) is 12.3. The molecule has 0 bridgehead atoms. The van der Waals surface area contributed by atoms with Gasteiger partial charge in [-0.15, -0.1) is 0 Å². The lowest BCUT2D eigenvalue weighted by molar-refractivity contribution is -0.138. The molecule has 4 heteroatoms. The van der Waals surface area contributed by atoms with Crippen LogP contribution in [0.25, 0.3) is 0 Å². The van der Waals surface area contributed by atoms with Crippen molar-refractivity contribution in [1.82, 2.24) is 4.90 Å². The molecule has 2 rings (SSSR count). The molecule has 0 radical (unpaired) electrons. The van der Waals surface area contributed by atoms with E-state index >= 15 is 0 Å². The van der Waals surface area contributed by atoms with Crippen molar-refractivity contribution in [3.63, 3.8) is 0 Å². The van der Waals surface area contributed by atoms with Gasteiger partial charge in [0.2, 0.25) is 5.91 Å². The molecule has 1 aliphatic carbocycles. The Hall–Kier alpha value is -0.0900. The topological polar surface area (TPSA) is 29.5 Å². The third-order valence-electron chi connectivity index (χ3n) is 3.90. The van der Waals surface area contributed by atoms with Gasteiger partial charge in [0.1, 0.15) is 0 Å². The first-order chi connectivity index (χ1) is 8.22. The van der Waals surface area contributed by atoms with E-state index in [1.165, 1.54) is 12.8 Å². The van der Waals surface area contributed by atoms with Crippen LogP contribution in [0.5, 0.6) is 0 Å². The van der Waals surface area contributed by atoms with Gasteiger partial charge in [0.25, 0.3) is 0 Å². The number of hydrogen-bond acceptors (Lipinski definition) is 2. The Morgan fingerprint density at radius 2 is 2.00 bits per heavy atom. The van der Waals surface area contributed by atoms with Crippen LogP contribution >= 0.6 is 15.9 Å². The summed E-state index contributed by atoms with van der Waals surface area (Å²) in [6.45, 7) is 4.62. The van der Waals surface area contributed by atoms with Crippen molar-refractivity contribution < 1.29 is 9.53 Å². The highest BCUT2D eigenvalue weighted by Crippen LogP contribution is 2.37. The molecule has 2 aliphatic rings. The van der Waals surface area contributed by atoms with Crippen LogP contribution in [0.2, 0.25) is 0 Å². The fourth-order valence-corrected chi connectivity index (χ4v) is 2.73. The minimum atomic E-state index is 0.245. The van der Waals surface area contributed by atoms with Crippen LogP contribution in [-0.2, 0) is 9.53 Å². The average molecular weight is 304 g/mol. The van der Waals surface area contributed by atoms with Crippen LogP contribution in [0.4, 0.5) is 0 Å². The number of hydrogen-bond donors (Lipinski definition) is 0. The Bertz CT molecular complexity index is 260. The van der Waals surface area contributed by atoms with Crippen LogP contribution in [-0.4, -0.2) is 41.9 Å². The van der Waals surface area contributed by atoms with Crippen molar-refractivity contribution in [1.29, 1.82) is 0 Å². The fourth-order valence-electron chi connectivity index (χ4n) is 2.54. The molecule has 17 heavy (non-hydrogen) atoms. The zero-order valence-electron chi connectivity index (χ0n) is 10.5. The molecule has 1 saturated carbocycles. The minimum absolute atomic E-state index is 0.245. The lowest BCUT2D eigenvalue weighted by atomic mass is 10.0. The van der Waals surface area contributed by atoms with Crippen molar-refractivity contribution in [3.8, 4) is 0 Å². The van der Waals surface area contributed by atoms with Crippen molar-refractivity contribution in [3.05, 3.63) is 0 Å². The Kier molecular flexibility index (Phi) is 4.86. The Labute approximate surface area is 112 Å². The van der Waals surface area contributed by atoms with Gasteiger partial charge in [0.15, 0.2) is 0 Å². The van der Waals surface area contributed by atoms with E-state index in [1.54, 1.807) is 0 Å². The summed E-state index contributed by atoms with van der Waals surface area (Å²) in [4.78, 5) is 14.2. The van der Waals surface area contributed by atoms with Gasteiger partial charge < -0.3 is 9.64 Å². The number of carbonyl (C=O) groups excluding carboxylic acids is 1. The van der Waals surface area contributed by atoms with Crippen molar-refractivity contribution >= 4 is 21.8 Å². The number of piperidine rings is 1. The average Bonchev–Trinajstić information content (AvgIpc) is 3.19. The van der Waals surface area contributed by atoms with E-state index in [1.807, 2.05) is 4.90 Å². The Morgan fingerprint density at radius 1 is 1.35 bits per heavy atom. The van der Waals surface area contributed by atoms with Gasteiger partial charge in [-0.05, 0) is 31.6 Å². The second kappa shape index (κ2) is 6.19. The molecule has 98 valence electrons. The molecule has 0 spiro atoms. The number of amides is 1. The molecule has 1 saturated heterocycles. The number of halogens is 1. The summed E-state index contributed by atoms with van der Waals surface area (Å²) in [6.07, 6.45) is 4.84. The van der Waals surface area contributed by atoms with Crippen molar-refractivity contribution in [2.24, 2.45) is 11.8 Å². The van der Waals surface area contributed by atoms with Gasteiger partial charge in [0.05, 0.1) is 12.7 Å². The molecule has 0 N–H and O–H groups in total. The zero-order valence-corrected chi connectivity index (χ0v) is 12.1. The normalized spacial score (nSPS) is 23.8. The minimum Gasteiger partial charge on any atom is -0.377 e. The predicted molar refractivity (Wildman–Crippen MR) is 71.2 cm³/mol. The molecule has 1 aliphatic heterocycles. The van der Waals surface area contributed by atoms with Crippen LogP contribution in [0.3, 0.4) is 0 Å². The van der Waals surface area contributed by atoms with E-state index in [9.17, 15) is 4.79 Å². The van der Waals surface area contributed by atoms with Crippen LogP contribution in [0.15, 0.2) is 0 Å². The Balaban J connectivity index is 1.72. The summed E-state index contributed by atoms with van der Waals surface area (Å²) in [6, 6.07) is 0. The van der Waals surface area contributed by atoms with E-state index in [0.717, 1.165) is 37.9 Å². The maximum absolute atomic E-state index is 12.2. The molecule has 1 heterocycles. The first-order valence-electron chi connectivity index (χ1n) is 6.68. The summed E-state index contributed by atoms with van der Waals surface area (Å²) >= 11 is 3.36. The second-order valence-corrected chi connectivity index (χ2v) is 6.00. The van der Waals surface area contributed by atoms with Gasteiger partial charge in [-0.3, -0.25) is 4.79 Å². The highest BCUT2D eigenvalue weighted by atomic mass is 79.9. The number of alkyl halides is 1. The fraction of sp³-hybridized carbons (Fsp3) is 0.923. The highest BCUT2D eigenvalue weighted by molar-refractivity contribution is 9.09. The third-order valence-corrected chi connectivity index (χ3v) is 4.23. The van der Waals surface area contributed by atoms with Gasteiger partial charge in [-0.2, -0.15) is 0 Å². The van der Waals surface area contributed by atoms with Crippen LogP contribution in [0, 0.1) is 11.8 Å². The maximum atomic E-state index is 12.2. The number of ether oxygens (including phenoxy) is 1. The van der Waals surface area contributed by atoms with Gasteiger partial charge >= 0.3 is 0 Å². The maximum Gasteiger partial charge on any atom is 0.225 e. The second-order valence-electron chi connectivity index (χ2n) is 5.21. The van der Waals surface area contributed by atoms with E-state index < -0.39 is 0 Å². The van der Waals surface area contributed by atoms with Crippen LogP contribution < -0.4 is 0 Å². The number of carbonyl (C=O) groups is 1. The quantitative estimate of drug-likeness (QED) is 0.730. The number of likely N-dealkylation sites (tertiary alicyclic amines) is 1. The predicted octanol–water partition coefficient (Wildman–Crippen LogP) is 2.44. The molecular formula is C13H22BrNO2. The molecule has 0 aromatic carbocycles. The SMILES string of the molecule is CC(C(=O)N1CCC(OCCBr)CC1)C1CC1. The molecule has 1 unspecified atom stereocenters. The molecule has 3 nitrogen and oxygen atoms in total. The summed E-state index contributed by atoms with van der Waals surface area (Å²) < 4.78 is 5.70. The molecule has 0 aromatic rings. The van der Waals surface area contributed by atoms with Crippen LogP contribution in [0.1, 0.15) is 32.6 Å². The monoisotopic (exact) mass is 303 g/mol. The van der Waals surface area contributed by atoms with E-state index in [-0.39, 0.29) is 5.92 Å². The summed E-state index contributed by atoms with van der Waals surface area (Å²) in [5.41, 5.74) is 0. The third kappa shape index (κ3) is 3.68. The number of rotatable bonds is 5. The molecule has 0 aromatic heterocycles. The highest BCUT2D eigenvalue weighted by Gasteiger charge is 2.35. The molecule has 1 atom stereocenters. The molecular weight excluding hydrogens is 282 g/mol. The molecule has 1 amide bonds. The summed E-state index contributed by atoms with van der Waals surface area (Å²) in [7, 11) is 0. The van der Waals surface area contributed by atoms with E-state index in [0.29, 0.717) is 17.9 Å². The van der Waals surface area contributed by atoms with E-state index in [4.69, 9.17) is 4.74 Å². The first-order valence-corrected chi connectivity index (χ1v) is 7.81. The summed E-state index contributed by atoms with van der Waals surface area (Å²) in [5, 5.41) is 0.894. The smallest absolute Gasteiger partial charge is 0.225 e. The van der Waals surface area contributed by atoms with Crippen molar-refractivity contribution in [2.45, 2.75) is 38.7 Å². The Morgan fingerprint density at radius 3 is 2.53 bits per heavy atom. The largest absolute Gasteiger partial charge is 0.377 e. The standard InChI is InChI=1S/C13H22BrNO2/c1-10(11-2-3-11)13(16)15-7-4-12(5-8-15)17-9-6-14/h10-12H,2-9H2,1H3. The lowest BCUT2D eigenvalue weighted by Gasteiger charge is -2.33. The number of nitrogens with zero attached hydrogens (tertiary/aromatic N) is 1. The van der Waals surface area contributed by atoms with Gasteiger partial charge in [0, 0.05) is 24.3 Å². The summed E-state index contributed by atoms with van der Waals surface area (Å²) in [5.74, 6) is 1.28. The van der Waals surface area contributed by atoms with E-state index in [2.05, 4.69) is 22.9 Å². The van der Waals surface area contributed by atoms with Gasteiger partial charge in [-0.1, -0.05) is 22.9 Å². The lowest BCUT2D eigenvalue weighted by Crippen LogP contribution is -2.43. The van der Waals surface area contributed by atoms with Gasteiger partial charge in [-0.25, -0.2) is 0 Å². The molecule has 2 fully saturated rings.